The first kappa shape index (κ1) is 64.9. The Labute approximate surface area is 508 Å². The van der Waals surface area contributed by atoms with E-state index in [0.29, 0.717) is 79.9 Å². The van der Waals surface area contributed by atoms with Gasteiger partial charge in [0.15, 0.2) is 22.9 Å². The summed E-state index contributed by atoms with van der Waals surface area (Å²) in [5.41, 5.74) is 4.63. The van der Waals surface area contributed by atoms with Crippen LogP contribution in [0.2, 0.25) is 36.3 Å². The van der Waals surface area contributed by atoms with Crippen LogP contribution in [0, 0.1) is 46.3 Å². The van der Waals surface area contributed by atoms with E-state index in [1.165, 1.54) is 44.9 Å². The van der Waals surface area contributed by atoms with Crippen LogP contribution in [0.15, 0.2) is 121 Å². The lowest BCUT2D eigenvalue weighted by atomic mass is 9.43. The number of benzene rings is 4. The second-order valence-electron chi connectivity index (χ2n) is 29.6. The first-order chi connectivity index (χ1) is 40.0. The third-order valence-electron chi connectivity index (χ3n) is 22.2. The molecule has 5 fully saturated rings. The van der Waals surface area contributed by atoms with Gasteiger partial charge in [-0.15, -0.1) is 0 Å². The second-order valence-corrected chi connectivity index (χ2v) is 39.1. The fraction of sp³-hybridized carbons (Fsp3) is 0.653. The predicted octanol–water partition coefficient (Wildman–Crippen LogP) is 16.7. The highest BCUT2D eigenvalue weighted by molar-refractivity contribution is 6.74. The Morgan fingerprint density at radius 2 is 1.08 bits per heavy atom. The van der Waals surface area contributed by atoms with Gasteiger partial charge >= 0.3 is 5.97 Å². The molecule has 0 radical (unpaired) electrons. The molecule has 4 aromatic carbocycles. The molecule has 1 heterocycles. The minimum atomic E-state index is -2.07. The molecule has 5 aliphatic rings. The molecule has 4 saturated carbocycles. The predicted molar refractivity (Wildman–Crippen MR) is 340 cm³/mol. The van der Waals surface area contributed by atoms with E-state index >= 15 is 0 Å². The number of rotatable bonds is 25. The first-order valence-electron chi connectivity index (χ1n) is 32.3. The van der Waals surface area contributed by atoms with Crippen molar-refractivity contribution in [3.8, 4) is 0 Å². The number of carbonyl (C=O) groups is 1. The van der Waals surface area contributed by atoms with Crippen molar-refractivity contribution in [2.45, 2.75) is 232 Å². The van der Waals surface area contributed by atoms with Gasteiger partial charge in [0.2, 0.25) is 0 Å². The Morgan fingerprint density at radius 3 is 1.64 bits per heavy atom. The van der Waals surface area contributed by atoms with E-state index < -0.39 is 47.3 Å². The van der Waals surface area contributed by atoms with Crippen molar-refractivity contribution in [2.75, 3.05) is 19.8 Å². The van der Waals surface area contributed by atoms with Gasteiger partial charge in [0.25, 0.3) is 0 Å². The zero-order chi connectivity index (χ0) is 59.9. The zero-order valence-electron chi connectivity index (χ0n) is 53.7. The number of carbonyl (C=O) groups excluding carboxylic acids is 1. The van der Waals surface area contributed by atoms with Crippen molar-refractivity contribution < 1.29 is 46.8 Å². The quantitative estimate of drug-likeness (QED) is 0.0362. The van der Waals surface area contributed by atoms with E-state index in [1.807, 2.05) is 84.9 Å². The summed E-state index contributed by atoms with van der Waals surface area (Å²) in [6.45, 7) is 33.7. The standard InChI is InChI=1S/C72H106O10Si2/c1-51(58-35-36-59-64-60(39-41-72(58,59)9)71(8)40-38-57(81-83(10,11)69(2,3)4)44-56(71)45-61(64)82-84(12,13)70(5,6)7)34-37-63(73)75-42-43-76-68-67(79-49-55-32-24-17-25-33-55)66(78-48-54-30-22-16-23-31-54)65(77-47-53-28-20-15-21-29-53)62(80-68)50-74-46-52-26-18-14-19-27-52/h14-33,51,56-62,64-68H,34-50H2,1-13H3/t51-,56?,57?,58+,59?,60?,61?,62?,64?,65?,66?,67?,68?,71-,72+/m0/s1. The van der Waals surface area contributed by atoms with E-state index in [4.69, 9.17) is 42.0 Å². The van der Waals surface area contributed by atoms with Crippen LogP contribution < -0.4 is 0 Å². The maximum atomic E-state index is 13.8. The lowest BCUT2D eigenvalue weighted by Gasteiger charge is -2.64. The molecule has 11 unspecified atom stereocenters. The molecule has 12 heteroatoms. The SMILES string of the molecule is C[C@@H](CCC(=O)OCCOC1OC(COCc2ccccc2)C(OCc2ccccc2)C(OCc2ccccc2)C1OCc1ccccc1)[C@H]1CCC2C3C(O[Si](C)(C)C(C)(C)C)CC4CC(O[Si](C)(C)C(C)(C)C)CC[C@]4(C)C3CC[C@@]21C. The van der Waals surface area contributed by atoms with E-state index in [1.54, 1.807) is 0 Å². The Balaban J connectivity index is 0.858. The van der Waals surface area contributed by atoms with Gasteiger partial charge in [0.1, 0.15) is 31.0 Å². The van der Waals surface area contributed by atoms with Gasteiger partial charge in [-0.05, 0) is 163 Å². The molecule has 0 amide bonds. The van der Waals surface area contributed by atoms with Crippen LogP contribution >= 0.6 is 0 Å². The van der Waals surface area contributed by atoms with E-state index in [-0.39, 0.29) is 47.4 Å². The van der Waals surface area contributed by atoms with Crippen LogP contribution in [0.4, 0.5) is 0 Å². The lowest BCUT2D eigenvalue weighted by molar-refractivity contribution is -0.329. The maximum absolute atomic E-state index is 13.8. The molecule has 0 aromatic heterocycles. The summed E-state index contributed by atoms with van der Waals surface area (Å²) in [4.78, 5) is 13.8. The van der Waals surface area contributed by atoms with Crippen LogP contribution in [0.5, 0.6) is 0 Å². The van der Waals surface area contributed by atoms with Crippen molar-refractivity contribution in [3.05, 3.63) is 144 Å². The van der Waals surface area contributed by atoms with Crippen molar-refractivity contribution in [1.29, 1.82) is 0 Å². The van der Waals surface area contributed by atoms with Crippen molar-refractivity contribution in [1.82, 2.24) is 0 Å². The van der Waals surface area contributed by atoms with Crippen LogP contribution in [0.3, 0.4) is 0 Å². The van der Waals surface area contributed by atoms with Gasteiger partial charge < -0.3 is 42.0 Å². The second kappa shape index (κ2) is 27.9. The fourth-order valence-corrected chi connectivity index (χ4v) is 18.1. The zero-order valence-corrected chi connectivity index (χ0v) is 55.7. The monoisotopic (exact) mass is 1190 g/mol. The average molecular weight is 1190 g/mol. The molecule has 4 aromatic rings. The summed E-state index contributed by atoms with van der Waals surface area (Å²) in [5.74, 6) is 3.20. The molecule has 0 spiro atoms. The Bertz CT molecular complexity index is 2640. The highest BCUT2D eigenvalue weighted by Crippen LogP contribution is 2.69. The molecule has 1 saturated heterocycles. The maximum Gasteiger partial charge on any atom is 0.305 e. The van der Waals surface area contributed by atoms with E-state index in [9.17, 15) is 4.79 Å². The minimum Gasteiger partial charge on any atom is -0.463 e. The number of hydrogen-bond donors (Lipinski definition) is 0. The summed E-state index contributed by atoms with van der Waals surface area (Å²) >= 11 is 0. The summed E-state index contributed by atoms with van der Waals surface area (Å²) < 4.78 is 61.6. The van der Waals surface area contributed by atoms with Gasteiger partial charge in [0.05, 0.1) is 39.6 Å². The van der Waals surface area contributed by atoms with Crippen LogP contribution in [-0.2, 0) is 73.2 Å². The van der Waals surface area contributed by atoms with Gasteiger partial charge in [0, 0.05) is 18.6 Å². The molecule has 1 aliphatic heterocycles. The molecular formula is C72H106O10Si2. The average Bonchev–Trinajstić information content (AvgIpc) is 1.32. The molecule has 0 bridgehead atoms. The van der Waals surface area contributed by atoms with Gasteiger partial charge in [-0.1, -0.05) is 184 Å². The lowest BCUT2D eigenvalue weighted by Crippen LogP contribution is -2.62. The Hall–Kier alpha value is -3.54. The van der Waals surface area contributed by atoms with Crippen LogP contribution in [0.25, 0.3) is 0 Å². The first-order valence-corrected chi connectivity index (χ1v) is 38.1. The van der Waals surface area contributed by atoms with E-state index in [0.717, 1.165) is 35.1 Å². The summed E-state index contributed by atoms with van der Waals surface area (Å²) in [6.07, 6.45) is 8.17. The summed E-state index contributed by atoms with van der Waals surface area (Å²) in [6, 6.07) is 40.5. The number of esters is 1. The Kier molecular flexibility index (Phi) is 21.5. The summed E-state index contributed by atoms with van der Waals surface area (Å²) in [7, 11) is -3.97. The number of hydrogen-bond acceptors (Lipinski definition) is 10. The minimum absolute atomic E-state index is 0.0853. The molecule has 4 aliphatic carbocycles. The number of ether oxygens (including phenoxy) is 7. The Morgan fingerprint density at radius 1 is 0.583 bits per heavy atom. The summed E-state index contributed by atoms with van der Waals surface area (Å²) in [5, 5.41) is 0.342. The van der Waals surface area contributed by atoms with Crippen molar-refractivity contribution in [3.63, 3.8) is 0 Å². The highest BCUT2D eigenvalue weighted by Gasteiger charge is 2.64. The van der Waals surface area contributed by atoms with Crippen molar-refractivity contribution in [2.24, 2.45) is 46.3 Å². The van der Waals surface area contributed by atoms with Gasteiger partial charge in [-0.25, -0.2) is 0 Å². The van der Waals surface area contributed by atoms with E-state index in [2.05, 4.69) is 125 Å². The molecule has 9 rings (SSSR count). The molecular weight excluding hydrogens is 1080 g/mol. The highest BCUT2D eigenvalue weighted by atomic mass is 28.4. The third-order valence-corrected chi connectivity index (χ3v) is 31.2. The molecule has 15 atom stereocenters. The third kappa shape index (κ3) is 15.5. The van der Waals surface area contributed by atoms with Crippen LogP contribution in [0.1, 0.15) is 149 Å². The number of fused-ring (bicyclic) bond motifs is 5. The van der Waals surface area contributed by atoms with Crippen molar-refractivity contribution >= 4 is 22.6 Å². The van der Waals surface area contributed by atoms with Crippen LogP contribution in [-0.4, -0.2) is 85.3 Å². The molecule has 462 valence electrons. The van der Waals surface area contributed by atoms with Gasteiger partial charge in [-0.3, -0.25) is 4.79 Å². The normalized spacial score (nSPS) is 31.3. The molecule has 10 nitrogen and oxygen atoms in total. The molecule has 84 heavy (non-hydrogen) atoms. The smallest absolute Gasteiger partial charge is 0.305 e. The molecule has 0 N–H and O–H groups in total. The fourth-order valence-electron chi connectivity index (χ4n) is 15.3. The van der Waals surface area contributed by atoms with Gasteiger partial charge in [-0.2, -0.15) is 0 Å². The largest absolute Gasteiger partial charge is 0.463 e. The topological polar surface area (TPSA) is 100 Å².